The molecule has 290 valence electrons. The van der Waals surface area contributed by atoms with Crippen LogP contribution in [0.15, 0.2) is 235 Å². The zero-order valence-corrected chi connectivity index (χ0v) is 33.7. The first-order valence-electron chi connectivity index (χ1n) is 21.3. The van der Waals surface area contributed by atoms with Crippen molar-refractivity contribution in [3.05, 3.63) is 253 Å². The smallest absolute Gasteiger partial charge is 0.135 e. The molecule has 1 aromatic heterocycles. The van der Waals surface area contributed by atoms with Gasteiger partial charge in [0.2, 0.25) is 0 Å². The summed E-state index contributed by atoms with van der Waals surface area (Å²) < 4.78 is 7.25. The molecular formula is C59H38N2O. The fourth-order valence-electron chi connectivity index (χ4n) is 10.5. The van der Waals surface area contributed by atoms with Crippen LogP contribution in [0.5, 0.6) is 0 Å². The Kier molecular flexibility index (Phi) is 7.52. The van der Waals surface area contributed by atoms with E-state index in [9.17, 15) is 0 Å². The van der Waals surface area contributed by atoms with Gasteiger partial charge in [0.15, 0.2) is 0 Å². The molecule has 0 radical (unpaired) electrons. The number of fused-ring (bicyclic) bond motifs is 14. The van der Waals surface area contributed by atoms with Crippen molar-refractivity contribution in [2.24, 2.45) is 0 Å². The molecule has 11 aromatic rings. The van der Waals surface area contributed by atoms with E-state index in [0.717, 1.165) is 50.9 Å². The highest BCUT2D eigenvalue weighted by Crippen LogP contribution is 2.65. The molecule has 13 rings (SSSR count). The molecule has 3 nitrogen and oxygen atoms in total. The second-order valence-corrected chi connectivity index (χ2v) is 16.5. The largest absolute Gasteiger partial charge is 0.459 e. The Morgan fingerprint density at radius 2 is 0.758 bits per heavy atom. The maximum absolute atomic E-state index is 7.25. The maximum atomic E-state index is 7.25. The minimum Gasteiger partial charge on any atom is -0.459 e. The number of para-hydroxylation sites is 3. The Balaban J connectivity index is 1.09. The van der Waals surface area contributed by atoms with E-state index in [1.54, 1.807) is 0 Å². The van der Waals surface area contributed by atoms with E-state index in [1.165, 1.54) is 60.5 Å². The lowest BCUT2D eigenvalue weighted by Gasteiger charge is -2.32. The molecule has 1 atom stereocenters. The van der Waals surface area contributed by atoms with Gasteiger partial charge in [-0.05, 0) is 134 Å². The molecule has 0 amide bonds. The van der Waals surface area contributed by atoms with Crippen molar-refractivity contribution in [2.45, 2.75) is 5.41 Å². The van der Waals surface area contributed by atoms with E-state index in [2.05, 4.69) is 240 Å². The van der Waals surface area contributed by atoms with Crippen LogP contribution in [0, 0.1) is 0 Å². The van der Waals surface area contributed by atoms with Crippen molar-refractivity contribution < 1.29 is 4.42 Å². The van der Waals surface area contributed by atoms with E-state index in [0.29, 0.717) is 0 Å². The summed E-state index contributed by atoms with van der Waals surface area (Å²) in [7, 11) is 0. The third kappa shape index (κ3) is 5.00. The minimum atomic E-state index is -0.737. The fourth-order valence-corrected chi connectivity index (χ4v) is 10.5. The summed E-state index contributed by atoms with van der Waals surface area (Å²) in [6.45, 7) is 0. The zero-order chi connectivity index (χ0) is 40.8. The molecule has 62 heavy (non-hydrogen) atoms. The minimum absolute atomic E-state index is 0.737. The van der Waals surface area contributed by atoms with Crippen molar-refractivity contribution in [1.82, 2.24) is 0 Å². The van der Waals surface area contributed by atoms with Crippen LogP contribution in [0.2, 0.25) is 0 Å². The van der Waals surface area contributed by atoms with Crippen molar-refractivity contribution in [3.8, 4) is 22.3 Å². The SMILES string of the molecule is c1ccc(N(c2ccc3c(c2)C2(c4ccccc4-3)c3cc(N(c4ccccc4)c4ccc5ccccc5c4)ccc3-c3c2oc2ccccc32)c2ccc3ccccc3c2)cc1. The number of nitrogens with zero attached hydrogens (tertiary/aromatic N) is 2. The van der Waals surface area contributed by atoms with Crippen LogP contribution in [-0.2, 0) is 5.41 Å². The first-order chi connectivity index (χ1) is 30.7. The lowest BCUT2D eigenvalue weighted by molar-refractivity contribution is 0.507. The van der Waals surface area contributed by atoms with Gasteiger partial charge in [0.25, 0.3) is 0 Å². The van der Waals surface area contributed by atoms with Gasteiger partial charge in [0.05, 0.1) is 0 Å². The van der Waals surface area contributed by atoms with Gasteiger partial charge >= 0.3 is 0 Å². The molecule has 1 heterocycles. The molecule has 0 N–H and O–H groups in total. The van der Waals surface area contributed by atoms with Gasteiger partial charge in [0.1, 0.15) is 16.8 Å². The quantitative estimate of drug-likeness (QED) is 0.167. The molecule has 0 bridgehead atoms. The molecule has 3 heteroatoms. The fraction of sp³-hybridized carbons (Fsp3) is 0.0169. The average molecular weight is 791 g/mol. The summed E-state index contributed by atoms with van der Waals surface area (Å²) in [5.74, 6) is 0.975. The van der Waals surface area contributed by atoms with Crippen LogP contribution in [0.4, 0.5) is 34.1 Å². The Morgan fingerprint density at radius 3 is 1.39 bits per heavy atom. The summed E-state index contributed by atoms with van der Waals surface area (Å²) >= 11 is 0. The van der Waals surface area contributed by atoms with Gasteiger partial charge in [-0.1, -0.05) is 152 Å². The third-order valence-electron chi connectivity index (χ3n) is 13.2. The predicted molar refractivity (Wildman–Crippen MR) is 257 cm³/mol. The van der Waals surface area contributed by atoms with Gasteiger partial charge in [-0.2, -0.15) is 0 Å². The molecule has 0 saturated heterocycles. The van der Waals surface area contributed by atoms with Gasteiger partial charge in [-0.15, -0.1) is 0 Å². The Hall–Kier alpha value is -8.14. The number of anilines is 6. The molecule has 2 aliphatic carbocycles. The van der Waals surface area contributed by atoms with E-state index < -0.39 is 5.41 Å². The highest BCUT2D eigenvalue weighted by atomic mass is 16.3. The molecule has 0 saturated carbocycles. The highest BCUT2D eigenvalue weighted by Gasteiger charge is 2.55. The van der Waals surface area contributed by atoms with Crippen LogP contribution >= 0.6 is 0 Å². The van der Waals surface area contributed by atoms with Gasteiger partial charge < -0.3 is 14.2 Å². The summed E-state index contributed by atoms with van der Waals surface area (Å²) in [5.41, 5.74) is 15.2. The van der Waals surface area contributed by atoms with Crippen LogP contribution in [0.1, 0.15) is 22.5 Å². The van der Waals surface area contributed by atoms with E-state index in [4.69, 9.17) is 4.42 Å². The monoisotopic (exact) mass is 790 g/mol. The van der Waals surface area contributed by atoms with Gasteiger partial charge in [0, 0.05) is 45.1 Å². The Morgan fingerprint density at radius 1 is 0.306 bits per heavy atom. The third-order valence-corrected chi connectivity index (χ3v) is 13.2. The molecular weight excluding hydrogens is 753 g/mol. The first-order valence-corrected chi connectivity index (χ1v) is 21.3. The molecule has 1 spiro atoms. The predicted octanol–water partition coefficient (Wildman–Crippen LogP) is 16.0. The molecule has 2 aliphatic rings. The van der Waals surface area contributed by atoms with Crippen molar-refractivity contribution in [1.29, 1.82) is 0 Å². The highest BCUT2D eigenvalue weighted by molar-refractivity contribution is 6.06. The number of furan rings is 1. The summed E-state index contributed by atoms with van der Waals surface area (Å²) in [6, 6.07) is 83.9. The number of benzene rings is 10. The first kappa shape index (κ1) is 34.7. The normalized spacial score (nSPS) is 14.5. The van der Waals surface area contributed by atoms with Gasteiger partial charge in [-0.3, -0.25) is 0 Å². The number of hydrogen-bond acceptors (Lipinski definition) is 3. The van der Waals surface area contributed by atoms with Crippen LogP contribution in [-0.4, -0.2) is 0 Å². The standard InChI is InChI=1S/C59H38N2O/c1-3-19-43(20-4-1)60(45-29-27-39-15-7-9-17-41(39)35-45)47-31-33-50-49-23-11-13-25-53(49)59(54(50)37-47)55-38-48(32-34-51(55)57-52-24-12-14-26-56(52)62-58(57)59)61(44-21-5-2-6-22-44)46-30-28-40-16-8-10-18-42(40)36-46/h1-38H. The van der Waals surface area contributed by atoms with Gasteiger partial charge in [-0.25, -0.2) is 0 Å². The maximum Gasteiger partial charge on any atom is 0.135 e. The number of rotatable bonds is 6. The number of hydrogen-bond donors (Lipinski definition) is 0. The van der Waals surface area contributed by atoms with Crippen LogP contribution in [0.25, 0.3) is 54.8 Å². The molecule has 1 unspecified atom stereocenters. The lowest BCUT2D eigenvalue weighted by atomic mass is 9.73. The molecule has 10 aromatic carbocycles. The summed E-state index contributed by atoms with van der Waals surface area (Å²) in [6.07, 6.45) is 0. The summed E-state index contributed by atoms with van der Waals surface area (Å²) in [5, 5.41) is 5.98. The summed E-state index contributed by atoms with van der Waals surface area (Å²) in [4.78, 5) is 4.79. The Labute approximate surface area is 360 Å². The second-order valence-electron chi connectivity index (χ2n) is 16.5. The van der Waals surface area contributed by atoms with E-state index >= 15 is 0 Å². The van der Waals surface area contributed by atoms with Crippen molar-refractivity contribution in [3.63, 3.8) is 0 Å². The van der Waals surface area contributed by atoms with Crippen LogP contribution < -0.4 is 9.80 Å². The lowest BCUT2D eigenvalue weighted by Crippen LogP contribution is -2.26. The molecule has 0 fully saturated rings. The van der Waals surface area contributed by atoms with E-state index in [-0.39, 0.29) is 0 Å². The topological polar surface area (TPSA) is 19.6 Å². The average Bonchev–Trinajstić information content (AvgIpc) is 3.96. The van der Waals surface area contributed by atoms with Crippen molar-refractivity contribution in [2.75, 3.05) is 9.80 Å². The Bertz CT molecular complexity index is 3550. The second kappa shape index (κ2) is 13.4. The van der Waals surface area contributed by atoms with Crippen molar-refractivity contribution >= 4 is 66.6 Å². The van der Waals surface area contributed by atoms with E-state index in [1.807, 2.05) is 0 Å². The zero-order valence-electron chi connectivity index (χ0n) is 33.7. The van der Waals surface area contributed by atoms with Crippen LogP contribution in [0.3, 0.4) is 0 Å². The molecule has 0 aliphatic heterocycles.